The van der Waals surface area contributed by atoms with E-state index in [9.17, 15) is 29.4 Å². The number of ether oxygens (including phenoxy) is 4. The number of hydrogen-bond donors (Lipinski definition) is 5. The molecular formula is C36H38BNO13. The smallest absolute Gasteiger partial charge is 0.488 e. The SMILES string of the molecule is CC1OCCC2C1OCN2C(=O)OCc1ccc(B(O)O)cc1.COc1cccc2c1C(=O)c1c(O)c3c(c(O)c1C2=O)CC(C(=O)CO)CC3. The largest absolute Gasteiger partial charge is 0.507 e. The summed E-state index contributed by atoms with van der Waals surface area (Å²) in [7, 11) is -0.119. The van der Waals surface area contributed by atoms with Crippen LogP contribution in [0.3, 0.4) is 0 Å². The fourth-order valence-corrected chi connectivity index (χ4v) is 7.20. The molecule has 14 nitrogen and oxygen atoms in total. The molecule has 2 heterocycles. The van der Waals surface area contributed by atoms with Gasteiger partial charge in [-0.2, -0.15) is 0 Å². The van der Waals surface area contributed by atoms with Gasteiger partial charge in [0, 0.05) is 29.2 Å². The predicted molar refractivity (Wildman–Crippen MR) is 179 cm³/mol. The number of fused-ring (bicyclic) bond motifs is 4. The molecule has 15 heteroatoms. The lowest BCUT2D eigenvalue weighted by molar-refractivity contribution is -0.126. The number of Topliss-reactive ketones (excluding diaryl/α,β-unsaturated/α-hetero) is 1. The molecule has 5 N–H and O–H groups in total. The van der Waals surface area contributed by atoms with Crippen molar-refractivity contribution < 1.29 is 63.5 Å². The van der Waals surface area contributed by atoms with Gasteiger partial charge < -0.3 is 44.3 Å². The Morgan fingerprint density at radius 1 is 0.941 bits per heavy atom. The molecule has 2 aliphatic carbocycles. The average molecular weight is 704 g/mol. The van der Waals surface area contributed by atoms with E-state index in [1.54, 1.807) is 41.3 Å². The van der Waals surface area contributed by atoms with Crippen LogP contribution in [0.15, 0.2) is 42.5 Å². The average Bonchev–Trinajstić information content (AvgIpc) is 3.59. The molecule has 0 spiro atoms. The maximum absolute atomic E-state index is 13.1. The molecule has 4 atom stereocenters. The number of carbonyl (C=O) groups excluding carboxylic acids is 4. The molecule has 0 aromatic heterocycles. The van der Waals surface area contributed by atoms with Gasteiger partial charge in [-0.1, -0.05) is 36.4 Å². The minimum atomic E-state index is -1.50. The molecule has 0 saturated carbocycles. The number of aromatic hydroxyl groups is 2. The fraction of sp³-hybridized carbons (Fsp3) is 0.389. The van der Waals surface area contributed by atoms with Crippen molar-refractivity contribution in [3.8, 4) is 17.2 Å². The quantitative estimate of drug-likeness (QED) is 0.142. The van der Waals surface area contributed by atoms with Crippen molar-refractivity contribution in [3.05, 3.63) is 81.4 Å². The third kappa shape index (κ3) is 6.70. The molecule has 2 aliphatic heterocycles. The Hall–Kier alpha value is -4.80. The first kappa shape index (κ1) is 36.0. The van der Waals surface area contributed by atoms with E-state index in [4.69, 9.17) is 34.1 Å². The van der Waals surface area contributed by atoms with E-state index in [1.165, 1.54) is 13.2 Å². The van der Waals surface area contributed by atoms with Crippen LogP contribution >= 0.6 is 0 Å². The van der Waals surface area contributed by atoms with Gasteiger partial charge in [0.2, 0.25) is 5.78 Å². The van der Waals surface area contributed by atoms with Gasteiger partial charge in [0.15, 0.2) is 11.6 Å². The second-order valence-electron chi connectivity index (χ2n) is 12.8. The van der Waals surface area contributed by atoms with Crippen molar-refractivity contribution in [1.29, 1.82) is 0 Å². The zero-order valence-electron chi connectivity index (χ0n) is 28.0. The molecule has 3 aromatic rings. The summed E-state index contributed by atoms with van der Waals surface area (Å²) in [6.07, 6.45) is 0.934. The number of benzene rings is 3. The monoisotopic (exact) mass is 703 g/mol. The van der Waals surface area contributed by atoms with Gasteiger partial charge in [-0.25, -0.2) is 4.79 Å². The highest BCUT2D eigenvalue weighted by molar-refractivity contribution is 6.58. The van der Waals surface area contributed by atoms with Gasteiger partial charge in [0.25, 0.3) is 0 Å². The van der Waals surface area contributed by atoms with Gasteiger partial charge in [-0.05, 0) is 49.7 Å². The zero-order chi connectivity index (χ0) is 36.6. The van der Waals surface area contributed by atoms with Crippen molar-refractivity contribution in [2.24, 2.45) is 5.92 Å². The van der Waals surface area contributed by atoms with E-state index in [0.29, 0.717) is 24.1 Å². The number of ketones is 3. The topological polar surface area (TPSA) is 210 Å². The van der Waals surface area contributed by atoms with Crippen molar-refractivity contribution in [3.63, 3.8) is 0 Å². The van der Waals surface area contributed by atoms with Gasteiger partial charge >= 0.3 is 13.2 Å². The summed E-state index contributed by atoms with van der Waals surface area (Å²) in [6.45, 7) is 2.30. The van der Waals surface area contributed by atoms with Crippen LogP contribution in [0.5, 0.6) is 17.2 Å². The van der Waals surface area contributed by atoms with Crippen molar-refractivity contribution >= 4 is 36.0 Å². The lowest BCUT2D eigenvalue weighted by Crippen LogP contribution is -2.47. The van der Waals surface area contributed by atoms with Gasteiger partial charge in [-0.15, -0.1) is 0 Å². The molecule has 1 amide bonds. The van der Waals surface area contributed by atoms with Crippen LogP contribution in [0, 0.1) is 5.92 Å². The Morgan fingerprint density at radius 3 is 2.33 bits per heavy atom. The Morgan fingerprint density at radius 2 is 1.65 bits per heavy atom. The highest BCUT2D eigenvalue weighted by Crippen LogP contribution is 2.47. The summed E-state index contributed by atoms with van der Waals surface area (Å²) >= 11 is 0. The van der Waals surface area contributed by atoms with Crippen molar-refractivity contribution in [2.45, 2.75) is 57.5 Å². The normalized spacial score (nSPS) is 21.7. The van der Waals surface area contributed by atoms with E-state index >= 15 is 0 Å². The number of rotatable bonds is 6. The van der Waals surface area contributed by atoms with Gasteiger partial charge in [0.1, 0.15) is 43.3 Å². The van der Waals surface area contributed by atoms with Crippen molar-refractivity contribution in [2.75, 3.05) is 27.1 Å². The number of nitrogens with zero attached hydrogens (tertiary/aromatic N) is 1. The summed E-state index contributed by atoms with van der Waals surface area (Å²) in [5, 5.41) is 48.8. The summed E-state index contributed by atoms with van der Waals surface area (Å²) in [6, 6.07) is 11.2. The molecule has 4 aliphatic rings. The van der Waals surface area contributed by atoms with E-state index in [-0.39, 0.29) is 95.3 Å². The van der Waals surface area contributed by atoms with Crippen LogP contribution in [0.2, 0.25) is 0 Å². The minimum Gasteiger partial charge on any atom is -0.507 e. The van der Waals surface area contributed by atoms with Crippen LogP contribution in [0.4, 0.5) is 4.79 Å². The first-order valence-corrected chi connectivity index (χ1v) is 16.6. The summed E-state index contributed by atoms with van der Waals surface area (Å²) in [5.41, 5.74) is 1.47. The maximum atomic E-state index is 13.1. The second-order valence-corrected chi connectivity index (χ2v) is 12.8. The van der Waals surface area contributed by atoms with Crippen LogP contribution < -0.4 is 10.2 Å². The van der Waals surface area contributed by atoms with Crippen LogP contribution in [0.25, 0.3) is 0 Å². The number of hydrogen-bond acceptors (Lipinski definition) is 13. The third-order valence-corrected chi connectivity index (χ3v) is 9.95. The van der Waals surface area contributed by atoms with Gasteiger partial charge in [-0.3, -0.25) is 19.3 Å². The Balaban J connectivity index is 0.000000179. The zero-order valence-corrected chi connectivity index (χ0v) is 28.0. The van der Waals surface area contributed by atoms with E-state index in [1.807, 2.05) is 6.92 Å². The molecule has 7 rings (SSSR count). The fourth-order valence-electron chi connectivity index (χ4n) is 7.20. The lowest BCUT2D eigenvalue weighted by Gasteiger charge is -2.32. The minimum absolute atomic E-state index is 0.00170. The molecule has 3 aromatic carbocycles. The molecule has 2 saturated heterocycles. The number of methoxy groups -OCH3 is 1. The van der Waals surface area contributed by atoms with Gasteiger partial charge in [0.05, 0.1) is 35.9 Å². The van der Waals surface area contributed by atoms with Crippen LogP contribution in [-0.4, -0.2) is 106 Å². The van der Waals surface area contributed by atoms with E-state index in [2.05, 4.69) is 0 Å². The Kier molecular flexibility index (Phi) is 10.5. The number of aliphatic hydroxyl groups is 1. The molecule has 4 unspecified atom stereocenters. The molecule has 51 heavy (non-hydrogen) atoms. The number of phenols is 2. The summed E-state index contributed by atoms with van der Waals surface area (Å²) in [5.74, 6) is -2.56. The Labute approximate surface area is 293 Å². The molecule has 0 bridgehead atoms. The highest BCUT2D eigenvalue weighted by Gasteiger charge is 2.44. The van der Waals surface area contributed by atoms with Crippen LogP contribution in [-0.2, 0) is 38.5 Å². The molecule has 0 radical (unpaired) electrons. The Bertz CT molecular complexity index is 1860. The molecule has 268 valence electrons. The highest BCUT2D eigenvalue weighted by atomic mass is 16.6. The number of phenolic OH excluding ortho intramolecular Hbond substituents is 2. The second kappa shape index (κ2) is 14.8. The third-order valence-electron chi connectivity index (χ3n) is 9.95. The first-order chi connectivity index (χ1) is 24.5. The predicted octanol–water partition coefficient (Wildman–Crippen LogP) is 1.39. The first-order valence-electron chi connectivity index (χ1n) is 16.6. The maximum Gasteiger partial charge on any atom is 0.488 e. The summed E-state index contributed by atoms with van der Waals surface area (Å²) < 4.78 is 21.7. The number of aliphatic hydroxyl groups excluding tert-OH is 1. The van der Waals surface area contributed by atoms with E-state index in [0.717, 1.165) is 12.0 Å². The lowest BCUT2D eigenvalue weighted by atomic mass is 9.75. The number of carbonyl (C=O) groups is 4. The van der Waals surface area contributed by atoms with Crippen molar-refractivity contribution in [1.82, 2.24) is 4.90 Å². The standard InChI is InChI=1S/C21H18O7.C15H20BNO6/c1-28-14-4-2-3-11-15(14)21(27)17-16(19(11)25)20(26)12-7-9(13(23)8-22)5-6-10(12)18(17)24;1-10-14-13(6-7-21-10)17(9-23-14)15(18)22-8-11-2-4-12(5-3-11)16(19)20/h2-4,9,22,24,26H,5-8H2,1H3;2-5,10,13-14,19-20H,6-9H2,1H3. The summed E-state index contributed by atoms with van der Waals surface area (Å²) in [4.78, 5) is 51.9. The number of amides is 1. The molecular weight excluding hydrogens is 665 g/mol. The van der Waals surface area contributed by atoms with Crippen LogP contribution in [0.1, 0.15) is 68.3 Å². The molecule has 2 fully saturated rings. The van der Waals surface area contributed by atoms with E-state index < -0.39 is 37.3 Å².